The summed E-state index contributed by atoms with van der Waals surface area (Å²) in [5.41, 5.74) is 6.92. The van der Waals surface area contributed by atoms with Crippen molar-refractivity contribution in [2.45, 2.75) is 31.3 Å². The van der Waals surface area contributed by atoms with Crippen LogP contribution in [0.5, 0.6) is 0 Å². The number of carbonyl (C=O) groups is 2. The van der Waals surface area contributed by atoms with Gasteiger partial charge in [0.2, 0.25) is 5.91 Å². The quantitative estimate of drug-likeness (QED) is 0.864. The van der Waals surface area contributed by atoms with Crippen LogP contribution < -0.4 is 11.1 Å². The molecule has 2 aromatic rings. The molecule has 1 aliphatic rings. The Balaban J connectivity index is 1.73. The van der Waals surface area contributed by atoms with E-state index in [1.807, 2.05) is 30.3 Å². The van der Waals surface area contributed by atoms with Gasteiger partial charge in [0.15, 0.2) is 5.76 Å². The van der Waals surface area contributed by atoms with Crippen LogP contribution in [-0.2, 0) is 11.2 Å². The van der Waals surface area contributed by atoms with Gasteiger partial charge in [0.25, 0.3) is 5.91 Å². The summed E-state index contributed by atoms with van der Waals surface area (Å²) < 4.78 is 5.13. The van der Waals surface area contributed by atoms with Gasteiger partial charge in [-0.1, -0.05) is 30.3 Å². The van der Waals surface area contributed by atoms with E-state index >= 15 is 0 Å². The van der Waals surface area contributed by atoms with Crippen molar-refractivity contribution in [3.05, 3.63) is 60.1 Å². The lowest BCUT2D eigenvalue weighted by molar-refractivity contribution is -0.134. The predicted molar refractivity (Wildman–Crippen MR) is 93.9 cm³/mol. The van der Waals surface area contributed by atoms with E-state index in [9.17, 15) is 9.59 Å². The van der Waals surface area contributed by atoms with Crippen LogP contribution >= 0.6 is 0 Å². The van der Waals surface area contributed by atoms with Gasteiger partial charge in [0.1, 0.15) is 6.04 Å². The summed E-state index contributed by atoms with van der Waals surface area (Å²) in [6, 6.07) is 12.4. The summed E-state index contributed by atoms with van der Waals surface area (Å²) in [6.07, 6.45) is 3.45. The van der Waals surface area contributed by atoms with Crippen molar-refractivity contribution < 1.29 is 14.0 Å². The first kappa shape index (κ1) is 17.2. The molecule has 6 heteroatoms. The summed E-state index contributed by atoms with van der Waals surface area (Å²) in [6.45, 7) is 1.25. The molecule has 132 valence electrons. The maximum Gasteiger partial charge on any atom is 0.287 e. The summed E-state index contributed by atoms with van der Waals surface area (Å²) in [5.74, 6) is -0.254. The van der Waals surface area contributed by atoms with E-state index in [0.29, 0.717) is 19.5 Å². The van der Waals surface area contributed by atoms with Crippen molar-refractivity contribution in [2.75, 3.05) is 13.1 Å². The average molecular weight is 341 g/mol. The third-order valence-corrected chi connectivity index (χ3v) is 4.48. The van der Waals surface area contributed by atoms with Crippen molar-refractivity contribution in [2.24, 2.45) is 5.73 Å². The number of benzene rings is 1. The minimum atomic E-state index is -0.630. The molecule has 0 spiro atoms. The van der Waals surface area contributed by atoms with Crippen molar-refractivity contribution in [1.29, 1.82) is 0 Å². The van der Waals surface area contributed by atoms with Crippen molar-refractivity contribution in [3.63, 3.8) is 0 Å². The molecule has 1 fully saturated rings. The third kappa shape index (κ3) is 4.48. The van der Waals surface area contributed by atoms with Gasteiger partial charge < -0.3 is 20.4 Å². The van der Waals surface area contributed by atoms with Crippen LogP contribution in [0.25, 0.3) is 0 Å². The lowest BCUT2D eigenvalue weighted by atomic mass is 10.0. The highest BCUT2D eigenvalue weighted by atomic mass is 16.3. The SMILES string of the molecule is NC1CCN(C(=O)C(Cc2ccccc2)NC(=O)c2ccco2)CC1. The Morgan fingerprint density at radius 1 is 1.16 bits per heavy atom. The van der Waals surface area contributed by atoms with Gasteiger partial charge in [0.05, 0.1) is 6.26 Å². The van der Waals surface area contributed by atoms with Crippen LogP contribution in [0.1, 0.15) is 29.0 Å². The number of piperidine rings is 1. The molecule has 1 atom stereocenters. The van der Waals surface area contributed by atoms with Crippen LogP contribution in [0.3, 0.4) is 0 Å². The summed E-state index contributed by atoms with van der Waals surface area (Å²) >= 11 is 0. The van der Waals surface area contributed by atoms with Crippen LogP contribution in [0.15, 0.2) is 53.1 Å². The number of nitrogens with zero attached hydrogens (tertiary/aromatic N) is 1. The van der Waals surface area contributed by atoms with Gasteiger partial charge in [0, 0.05) is 25.6 Å². The zero-order valence-corrected chi connectivity index (χ0v) is 14.1. The van der Waals surface area contributed by atoms with Gasteiger partial charge in [-0.15, -0.1) is 0 Å². The second kappa shape index (κ2) is 7.98. The number of hydrogen-bond acceptors (Lipinski definition) is 4. The number of nitrogens with one attached hydrogen (secondary N) is 1. The van der Waals surface area contributed by atoms with Crippen molar-refractivity contribution in [3.8, 4) is 0 Å². The first-order valence-corrected chi connectivity index (χ1v) is 8.56. The van der Waals surface area contributed by atoms with Crippen LogP contribution in [0, 0.1) is 0 Å². The van der Waals surface area contributed by atoms with Crippen LogP contribution in [0.4, 0.5) is 0 Å². The fourth-order valence-corrected chi connectivity index (χ4v) is 3.03. The first-order valence-electron chi connectivity index (χ1n) is 8.56. The zero-order valence-electron chi connectivity index (χ0n) is 14.1. The molecule has 2 amide bonds. The molecule has 1 unspecified atom stereocenters. The Morgan fingerprint density at radius 3 is 2.52 bits per heavy atom. The molecule has 3 rings (SSSR count). The Hall–Kier alpha value is -2.60. The first-order chi connectivity index (χ1) is 12.1. The average Bonchev–Trinajstić information content (AvgIpc) is 3.17. The van der Waals surface area contributed by atoms with Crippen LogP contribution in [-0.4, -0.2) is 41.9 Å². The molecule has 1 saturated heterocycles. The zero-order chi connectivity index (χ0) is 17.6. The van der Waals surface area contributed by atoms with Gasteiger partial charge in [-0.25, -0.2) is 0 Å². The molecular weight excluding hydrogens is 318 g/mol. The molecule has 0 saturated carbocycles. The van der Waals surface area contributed by atoms with Gasteiger partial charge in [-0.3, -0.25) is 9.59 Å². The lowest BCUT2D eigenvalue weighted by Crippen LogP contribution is -2.52. The molecule has 0 radical (unpaired) electrons. The molecular formula is C19H23N3O3. The number of rotatable bonds is 5. The molecule has 6 nitrogen and oxygen atoms in total. The Kier molecular flexibility index (Phi) is 5.50. The summed E-state index contributed by atoms with van der Waals surface area (Å²) in [4.78, 5) is 27.1. The third-order valence-electron chi connectivity index (χ3n) is 4.48. The smallest absolute Gasteiger partial charge is 0.287 e. The van der Waals surface area contributed by atoms with E-state index in [4.69, 9.17) is 10.2 Å². The second-order valence-corrected chi connectivity index (χ2v) is 6.36. The molecule has 0 aliphatic carbocycles. The number of furan rings is 1. The van der Waals surface area contributed by atoms with Crippen molar-refractivity contribution >= 4 is 11.8 Å². The number of likely N-dealkylation sites (tertiary alicyclic amines) is 1. The summed E-state index contributed by atoms with van der Waals surface area (Å²) in [7, 11) is 0. The van der Waals surface area contributed by atoms with E-state index in [-0.39, 0.29) is 23.6 Å². The normalized spacial score (nSPS) is 16.4. The minimum absolute atomic E-state index is 0.0735. The topological polar surface area (TPSA) is 88.6 Å². The fourth-order valence-electron chi connectivity index (χ4n) is 3.03. The van der Waals surface area contributed by atoms with Gasteiger partial charge in [-0.05, 0) is 30.5 Å². The van der Waals surface area contributed by atoms with Crippen LogP contribution in [0.2, 0.25) is 0 Å². The van der Waals surface area contributed by atoms with E-state index in [1.165, 1.54) is 6.26 Å². The standard InChI is InChI=1S/C19H23N3O3/c20-15-8-10-22(11-9-15)19(24)16(13-14-5-2-1-3-6-14)21-18(23)17-7-4-12-25-17/h1-7,12,15-16H,8-11,13,20H2,(H,21,23). The molecule has 2 heterocycles. The van der Waals surface area contributed by atoms with E-state index in [1.54, 1.807) is 17.0 Å². The molecule has 3 N–H and O–H groups in total. The van der Waals surface area contributed by atoms with Gasteiger partial charge >= 0.3 is 0 Å². The lowest BCUT2D eigenvalue weighted by Gasteiger charge is -2.33. The molecule has 1 aromatic heterocycles. The maximum atomic E-state index is 13.0. The Labute approximate surface area is 147 Å². The molecule has 1 aromatic carbocycles. The minimum Gasteiger partial charge on any atom is -0.459 e. The predicted octanol–water partition coefficient (Wildman–Crippen LogP) is 1.57. The summed E-state index contributed by atoms with van der Waals surface area (Å²) in [5, 5.41) is 2.82. The highest BCUT2D eigenvalue weighted by molar-refractivity contribution is 5.95. The monoisotopic (exact) mass is 341 g/mol. The number of amides is 2. The fraction of sp³-hybridized carbons (Fsp3) is 0.368. The number of hydrogen-bond donors (Lipinski definition) is 2. The second-order valence-electron chi connectivity index (χ2n) is 6.36. The van der Waals surface area contributed by atoms with E-state index in [0.717, 1.165) is 18.4 Å². The number of carbonyl (C=O) groups excluding carboxylic acids is 2. The maximum absolute atomic E-state index is 13.0. The van der Waals surface area contributed by atoms with Gasteiger partial charge in [-0.2, -0.15) is 0 Å². The Morgan fingerprint density at radius 2 is 1.88 bits per heavy atom. The molecule has 1 aliphatic heterocycles. The highest BCUT2D eigenvalue weighted by Crippen LogP contribution is 2.13. The number of nitrogens with two attached hydrogens (primary N) is 1. The Bertz CT molecular complexity index is 692. The largest absolute Gasteiger partial charge is 0.459 e. The molecule has 0 bridgehead atoms. The van der Waals surface area contributed by atoms with Crippen molar-refractivity contribution in [1.82, 2.24) is 10.2 Å². The highest BCUT2D eigenvalue weighted by Gasteiger charge is 2.29. The molecule has 25 heavy (non-hydrogen) atoms. The van der Waals surface area contributed by atoms with E-state index in [2.05, 4.69) is 5.32 Å². The van der Waals surface area contributed by atoms with E-state index < -0.39 is 6.04 Å².